The van der Waals surface area contributed by atoms with E-state index in [-0.39, 0.29) is 0 Å². The topological polar surface area (TPSA) is 35.2 Å². The maximum absolute atomic E-state index is 5.39. The summed E-state index contributed by atoms with van der Waals surface area (Å²) in [6.07, 6.45) is 3.54. The molecule has 2 nitrogen and oxygen atoms in total. The molecule has 2 heteroatoms. The Morgan fingerprint density at radius 2 is 2.20 bits per heavy atom. The first-order chi connectivity index (χ1) is 4.85. The highest BCUT2D eigenvalue weighted by molar-refractivity contribution is 4.55. The summed E-state index contributed by atoms with van der Waals surface area (Å²) in [6, 6.07) is 0. The molecule has 0 aromatic heterocycles. The van der Waals surface area contributed by atoms with E-state index in [2.05, 4.69) is 6.92 Å². The number of ether oxygens (including phenoxy) is 1. The third kappa shape index (κ3) is 4.77. The molecular weight excluding hydrogens is 126 g/mol. The lowest BCUT2D eigenvalue weighted by molar-refractivity contribution is 0.145. The van der Waals surface area contributed by atoms with E-state index in [9.17, 15) is 0 Å². The molecule has 0 rings (SSSR count). The SMILES string of the molecule is CCC(CCCN)COC. The van der Waals surface area contributed by atoms with E-state index in [0.717, 1.165) is 19.6 Å². The monoisotopic (exact) mass is 145 g/mol. The molecule has 2 N–H and O–H groups in total. The summed E-state index contributed by atoms with van der Waals surface area (Å²) in [4.78, 5) is 0. The van der Waals surface area contributed by atoms with E-state index in [1.165, 1.54) is 12.8 Å². The predicted molar refractivity (Wildman–Crippen MR) is 43.9 cm³/mol. The number of hydrogen-bond donors (Lipinski definition) is 1. The summed E-state index contributed by atoms with van der Waals surface area (Å²) in [5.74, 6) is 0.716. The highest BCUT2D eigenvalue weighted by atomic mass is 16.5. The van der Waals surface area contributed by atoms with Crippen molar-refractivity contribution in [2.24, 2.45) is 11.7 Å². The first kappa shape index (κ1) is 9.92. The van der Waals surface area contributed by atoms with Gasteiger partial charge in [-0.1, -0.05) is 13.3 Å². The van der Waals surface area contributed by atoms with Crippen molar-refractivity contribution < 1.29 is 4.74 Å². The van der Waals surface area contributed by atoms with Gasteiger partial charge in [-0.25, -0.2) is 0 Å². The van der Waals surface area contributed by atoms with Gasteiger partial charge in [0.15, 0.2) is 0 Å². The van der Waals surface area contributed by atoms with Gasteiger partial charge in [0.05, 0.1) is 0 Å². The van der Waals surface area contributed by atoms with Crippen molar-refractivity contribution in [1.29, 1.82) is 0 Å². The van der Waals surface area contributed by atoms with Crippen LogP contribution >= 0.6 is 0 Å². The molecule has 0 fully saturated rings. The first-order valence-electron chi connectivity index (χ1n) is 4.04. The number of hydrogen-bond acceptors (Lipinski definition) is 2. The molecule has 1 atom stereocenters. The summed E-state index contributed by atoms with van der Waals surface area (Å²) < 4.78 is 5.05. The van der Waals surface area contributed by atoms with Crippen LogP contribution in [0.25, 0.3) is 0 Å². The van der Waals surface area contributed by atoms with Gasteiger partial charge in [0.2, 0.25) is 0 Å². The summed E-state index contributed by atoms with van der Waals surface area (Å²) in [5.41, 5.74) is 5.39. The summed E-state index contributed by atoms with van der Waals surface area (Å²) >= 11 is 0. The van der Waals surface area contributed by atoms with Crippen LogP contribution in [0.15, 0.2) is 0 Å². The van der Waals surface area contributed by atoms with Crippen LogP contribution in [0, 0.1) is 5.92 Å². The van der Waals surface area contributed by atoms with Gasteiger partial charge < -0.3 is 10.5 Å². The minimum atomic E-state index is 0.716. The molecule has 62 valence electrons. The Bertz CT molecular complexity index is 66.3. The third-order valence-electron chi connectivity index (χ3n) is 1.80. The van der Waals surface area contributed by atoms with E-state index in [4.69, 9.17) is 10.5 Å². The molecule has 0 saturated heterocycles. The standard InChI is InChI=1S/C8H19NO/c1-3-8(7-10-2)5-4-6-9/h8H,3-7,9H2,1-2H3. The number of rotatable bonds is 6. The minimum absolute atomic E-state index is 0.716. The van der Waals surface area contributed by atoms with Crippen LogP contribution in [-0.4, -0.2) is 20.3 Å². The molecule has 0 aliphatic rings. The Kier molecular flexibility index (Phi) is 6.98. The first-order valence-corrected chi connectivity index (χ1v) is 4.04. The van der Waals surface area contributed by atoms with Gasteiger partial charge >= 0.3 is 0 Å². The molecule has 0 amide bonds. The Labute approximate surface area is 63.7 Å². The maximum atomic E-state index is 5.39. The predicted octanol–water partition coefficient (Wildman–Crippen LogP) is 1.40. The molecule has 10 heavy (non-hydrogen) atoms. The van der Waals surface area contributed by atoms with Crippen LogP contribution < -0.4 is 5.73 Å². The molecule has 1 unspecified atom stereocenters. The Morgan fingerprint density at radius 1 is 1.50 bits per heavy atom. The van der Waals surface area contributed by atoms with Crippen molar-refractivity contribution in [3.63, 3.8) is 0 Å². The second-order valence-corrected chi connectivity index (χ2v) is 2.66. The van der Waals surface area contributed by atoms with E-state index in [0.29, 0.717) is 5.92 Å². The van der Waals surface area contributed by atoms with Gasteiger partial charge in [0.1, 0.15) is 0 Å². The number of nitrogens with two attached hydrogens (primary N) is 1. The smallest absolute Gasteiger partial charge is 0.0490 e. The second kappa shape index (κ2) is 7.03. The molecular formula is C8H19NO. The lowest BCUT2D eigenvalue weighted by atomic mass is 10.0. The highest BCUT2D eigenvalue weighted by Gasteiger charge is 2.03. The molecule has 0 bridgehead atoms. The van der Waals surface area contributed by atoms with Crippen LogP contribution in [0.1, 0.15) is 26.2 Å². The van der Waals surface area contributed by atoms with Crippen LogP contribution in [0.4, 0.5) is 0 Å². The van der Waals surface area contributed by atoms with Gasteiger partial charge in [-0.15, -0.1) is 0 Å². The zero-order chi connectivity index (χ0) is 7.82. The second-order valence-electron chi connectivity index (χ2n) is 2.66. The number of methoxy groups -OCH3 is 1. The lowest BCUT2D eigenvalue weighted by Gasteiger charge is -2.11. The van der Waals surface area contributed by atoms with Crippen molar-refractivity contribution in [3.05, 3.63) is 0 Å². The average molecular weight is 145 g/mol. The fraction of sp³-hybridized carbons (Fsp3) is 1.00. The summed E-state index contributed by atoms with van der Waals surface area (Å²) in [5, 5.41) is 0. The fourth-order valence-electron chi connectivity index (χ4n) is 1.05. The molecule has 0 aromatic carbocycles. The highest BCUT2D eigenvalue weighted by Crippen LogP contribution is 2.09. The van der Waals surface area contributed by atoms with Crippen LogP contribution in [0.5, 0.6) is 0 Å². The van der Waals surface area contributed by atoms with Crippen molar-refractivity contribution in [3.8, 4) is 0 Å². The molecule has 0 aromatic rings. The molecule has 0 heterocycles. The Balaban J connectivity index is 3.21. The summed E-state index contributed by atoms with van der Waals surface area (Å²) in [7, 11) is 1.76. The largest absolute Gasteiger partial charge is 0.384 e. The molecule has 0 aliphatic carbocycles. The maximum Gasteiger partial charge on any atom is 0.0490 e. The normalized spacial score (nSPS) is 13.5. The lowest BCUT2D eigenvalue weighted by Crippen LogP contribution is -2.09. The van der Waals surface area contributed by atoms with Crippen molar-refractivity contribution in [2.45, 2.75) is 26.2 Å². The Hall–Kier alpha value is -0.0800. The third-order valence-corrected chi connectivity index (χ3v) is 1.80. The van der Waals surface area contributed by atoms with Crippen molar-refractivity contribution >= 4 is 0 Å². The molecule has 0 aliphatic heterocycles. The van der Waals surface area contributed by atoms with E-state index in [1.54, 1.807) is 7.11 Å². The van der Waals surface area contributed by atoms with Gasteiger partial charge in [0, 0.05) is 13.7 Å². The summed E-state index contributed by atoms with van der Waals surface area (Å²) in [6.45, 7) is 3.89. The molecule has 0 spiro atoms. The molecule has 0 radical (unpaired) electrons. The van der Waals surface area contributed by atoms with Gasteiger partial charge in [-0.2, -0.15) is 0 Å². The Morgan fingerprint density at radius 3 is 2.60 bits per heavy atom. The van der Waals surface area contributed by atoms with Gasteiger partial charge in [-0.3, -0.25) is 0 Å². The minimum Gasteiger partial charge on any atom is -0.384 e. The fourth-order valence-corrected chi connectivity index (χ4v) is 1.05. The van der Waals surface area contributed by atoms with Crippen LogP contribution in [0.3, 0.4) is 0 Å². The quantitative estimate of drug-likeness (QED) is 0.613. The average Bonchev–Trinajstić information content (AvgIpc) is 1.98. The van der Waals surface area contributed by atoms with Crippen LogP contribution in [-0.2, 0) is 4.74 Å². The van der Waals surface area contributed by atoms with Gasteiger partial charge in [-0.05, 0) is 25.3 Å². The van der Waals surface area contributed by atoms with E-state index in [1.807, 2.05) is 0 Å². The van der Waals surface area contributed by atoms with Crippen molar-refractivity contribution in [2.75, 3.05) is 20.3 Å². The molecule has 0 saturated carbocycles. The van der Waals surface area contributed by atoms with E-state index >= 15 is 0 Å². The van der Waals surface area contributed by atoms with Gasteiger partial charge in [0.25, 0.3) is 0 Å². The van der Waals surface area contributed by atoms with Crippen LogP contribution in [0.2, 0.25) is 0 Å². The van der Waals surface area contributed by atoms with E-state index < -0.39 is 0 Å². The van der Waals surface area contributed by atoms with Crippen molar-refractivity contribution in [1.82, 2.24) is 0 Å². The zero-order valence-electron chi connectivity index (χ0n) is 7.10. The zero-order valence-corrected chi connectivity index (χ0v) is 7.10.